The molecule has 0 bridgehead atoms. The fourth-order valence-corrected chi connectivity index (χ4v) is 6.73. The largest absolute Gasteiger partial charge is 0.493 e. The van der Waals surface area contributed by atoms with Gasteiger partial charge < -0.3 is 24.7 Å². The predicted molar refractivity (Wildman–Crippen MR) is 171 cm³/mol. The van der Waals surface area contributed by atoms with Gasteiger partial charge in [0, 0.05) is 32.3 Å². The third-order valence-electron chi connectivity index (χ3n) is 7.23. The summed E-state index contributed by atoms with van der Waals surface area (Å²) in [7, 11) is 1.54. The van der Waals surface area contributed by atoms with Gasteiger partial charge in [-0.1, -0.05) is 65.7 Å². The second-order valence-electron chi connectivity index (χ2n) is 10.0. The second-order valence-corrected chi connectivity index (χ2v) is 11.9. The summed E-state index contributed by atoms with van der Waals surface area (Å²) < 4.78 is 24.1. The number of ether oxygens (including phenoxy) is 4. The molecule has 44 heavy (non-hydrogen) atoms. The van der Waals surface area contributed by atoms with Gasteiger partial charge in [0.25, 0.3) is 0 Å². The number of nitrogens with zero attached hydrogens (tertiary/aromatic N) is 1. The minimum Gasteiger partial charge on any atom is -0.493 e. The van der Waals surface area contributed by atoms with Crippen molar-refractivity contribution in [2.24, 2.45) is 5.73 Å². The van der Waals surface area contributed by atoms with Gasteiger partial charge >= 0.3 is 5.97 Å². The molecule has 0 saturated carbocycles. The highest BCUT2D eigenvalue weighted by atomic mass is 35.5. The maximum Gasteiger partial charge on any atom is 0.355 e. The van der Waals surface area contributed by atoms with Gasteiger partial charge in [0.1, 0.15) is 34.6 Å². The van der Waals surface area contributed by atoms with Crippen LogP contribution >= 0.6 is 34.5 Å². The van der Waals surface area contributed by atoms with Gasteiger partial charge in [0.15, 0.2) is 11.5 Å². The summed E-state index contributed by atoms with van der Waals surface area (Å²) in [5.74, 6) is 0.379. The summed E-state index contributed by atoms with van der Waals surface area (Å²) in [6.07, 6.45) is 0. The van der Waals surface area contributed by atoms with E-state index in [4.69, 9.17) is 47.9 Å². The molecule has 1 aliphatic heterocycles. The molecule has 4 aromatic carbocycles. The van der Waals surface area contributed by atoms with Crippen molar-refractivity contribution in [2.75, 3.05) is 7.11 Å². The van der Waals surface area contributed by atoms with E-state index in [1.54, 1.807) is 43.5 Å². The quantitative estimate of drug-likeness (QED) is 0.140. The Morgan fingerprint density at radius 2 is 1.86 bits per heavy atom. The van der Waals surface area contributed by atoms with Crippen molar-refractivity contribution in [2.45, 2.75) is 19.4 Å². The van der Waals surface area contributed by atoms with Crippen LogP contribution in [0.5, 0.6) is 23.0 Å². The van der Waals surface area contributed by atoms with Crippen molar-refractivity contribution in [3.63, 3.8) is 0 Å². The molecule has 1 aromatic heterocycles. The molecule has 1 aliphatic rings. The average molecular weight is 644 g/mol. The fourth-order valence-electron chi connectivity index (χ4n) is 5.05. The molecule has 1 unspecified atom stereocenters. The highest BCUT2D eigenvalue weighted by Crippen LogP contribution is 2.45. The maximum absolute atomic E-state index is 13.1. The van der Waals surface area contributed by atoms with E-state index in [1.807, 2.05) is 49.4 Å². The first-order chi connectivity index (χ1) is 21.3. The number of hydrogen-bond donors (Lipinski definition) is 1. The van der Waals surface area contributed by atoms with Crippen molar-refractivity contribution in [1.82, 2.24) is 0 Å². The lowest BCUT2D eigenvalue weighted by Crippen LogP contribution is -2.21. The number of halogens is 2. The van der Waals surface area contributed by atoms with E-state index in [-0.39, 0.29) is 23.8 Å². The van der Waals surface area contributed by atoms with E-state index < -0.39 is 11.9 Å². The number of thiophene rings is 1. The summed E-state index contributed by atoms with van der Waals surface area (Å²) in [6, 6.07) is 25.8. The van der Waals surface area contributed by atoms with Crippen LogP contribution in [0, 0.1) is 18.3 Å². The molecule has 0 amide bonds. The van der Waals surface area contributed by atoms with Crippen LogP contribution in [0.1, 0.15) is 37.8 Å². The summed E-state index contributed by atoms with van der Waals surface area (Å²) in [6.45, 7) is 2.23. The van der Waals surface area contributed by atoms with Crippen LogP contribution in [0.25, 0.3) is 10.1 Å². The van der Waals surface area contributed by atoms with Gasteiger partial charge in [-0.2, -0.15) is 5.26 Å². The van der Waals surface area contributed by atoms with Crippen molar-refractivity contribution >= 4 is 50.6 Å². The zero-order chi connectivity index (χ0) is 31.0. The normalized spacial score (nSPS) is 14.0. The Morgan fingerprint density at radius 3 is 2.64 bits per heavy atom. The number of allylic oxidation sites excluding steroid dienone is 1. The van der Waals surface area contributed by atoms with Crippen molar-refractivity contribution in [3.05, 3.63) is 127 Å². The molecule has 0 spiro atoms. The topological polar surface area (TPSA) is 104 Å². The summed E-state index contributed by atoms with van der Waals surface area (Å²) in [5, 5.41) is 11.8. The van der Waals surface area contributed by atoms with E-state index in [0.717, 1.165) is 26.8 Å². The monoisotopic (exact) mass is 642 g/mol. The molecule has 2 heterocycles. The van der Waals surface area contributed by atoms with Crippen molar-refractivity contribution in [3.8, 4) is 29.1 Å². The second kappa shape index (κ2) is 12.1. The van der Waals surface area contributed by atoms with E-state index in [9.17, 15) is 10.1 Å². The summed E-state index contributed by atoms with van der Waals surface area (Å²) in [5.41, 5.74) is 9.75. The number of nitrogens with two attached hydrogens (primary N) is 1. The molecule has 10 heteroatoms. The van der Waals surface area contributed by atoms with Crippen LogP contribution in [0.4, 0.5) is 0 Å². The first-order valence-electron chi connectivity index (χ1n) is 13.4. The Labute approximate surface area is 267 Å². The van der Waals surface area contributed by atoms with Gasteiger partial charge in [-0.15, -0.1) is 11.3 Å². The Kier molecular flexibility index (Phi) is 8.11. The van der Waals surface area contributed by atoms with Crippen molar-refractivity contribution in [1.29, 1.82) is 5.26 Å². The van der Waals surface area contributed by atoms with Crippen LogP contribution in [-0.4, -0.2) is 13.1 Å². The molecular formula is C34H24Cl2N2O5S. The Hall–Kier alpha value is -4.68. The molecule has 0 radical (unpaired) electrons. The first kappa shape index (κ1) is 29.4. The van der Waals surface area contributed by atoms with Crippen LogP contribution < -0.4 is 24.7 Å². The highest BCUT2D eigenvalue weighted by molar-refractivity contribution is 7.21. The van der Waals surface area contributed by atoms with Crippen LogP contribution in [0.2, 0.25) is 10.0 Å². The third kappa shape index (κ3) is 5.53. The van der Waals surface area contributed by atoms with Crippen LogP contribution in [0.15, 0.2) is 90.3 Å². The zero-order valence-corrected chi connectivity index (χ0v) is 25.8. The third-order valence-corrected chi connectivity index (χ3v) is 9.24. The number of aryl methyl sites for hydroxylation is 1. The van der Waals surface area contributed by atoms with Crippen LogP contribution in [-0.2, 0) is 6.61 Å². The molecule has 2 N–H and O–H groups in total. The summed E-state index contributed by atoms with van der Waals surface area (Å²) in [4.78, 5) is 13.4. The lowest BCUT2D eigenvalue weighted by Gasteiger charge is -2.27. The number of carbonyl (C=O) groups excluding carboxylic acids is 1. The van der Waals surface area contributed by atoms with E-state index >= 15 is 0 Å². The minimum atomic E-state index is -0.584. The molecule has 6 rings (SSSR count). The average Bonchev–Trinajstić information content (AvgIpc) is 3.35. The molecule has 0 saturated heterocycles. The van der Waals surface area contributed by atoms with Crippen molar-refractivity contribution < 1.29 is 23.7 Å². The molecule has 5 aromatic rings. The first-order valence-corrected chi connectivity index (χ1v) is 15.0. The van der Waals surface area contributed by atoms with E-state index in [0.29, 0.717) is 37.7 Å². The number of esters is 1. The summed E-state index contributed by atoms with van der Waals surface area (Å²) >= 11 is 14.1. The lowest BCUT2D eigenvalue weighted by atomic mass is 9.83. The van der Waals surface area contributed by atoms with Gasteiger partial charge in [-0.05, 0) is 48.4 Å². The minimum absolute atomic E-state index is 0.0468. The zero-order valence-electron chi connectivity index (χ0n) is 23.5. The number of methoxy groups -OCH3 is 1. The standard InChI is InChI=1S/C34H24Cl2N2O5S/c1-18-7-10-23-29(13-18)44-32(31(23)36)34(39)42-21-9-11-22-27(15-21)43-33(38)24(16-37)30(22)19-8-12-26(28(14-19)40-2)41-17-20-5-3-4-6-25(20)35/h3-15,30H,17,38H2,1-2H3. The number of hydrogen-bond acceptors (Lipinski definition) is 8. The number of fused-ring (bicyclic) bond motifs is 2. The predicted octanol–water partition coefficient (Wildman–Crippen LogP) is 8.54. The van der Waals surface area contributed by atoms with Gasteiger partial charge in [-0.25, -0.2) is 4.79 Å². The van der Waals surface area contributed by atoms with Crippen LogP contribution in [0.3, 0.4) is 0 Å². The molecule has 1 atom stereocenters. The van der Waals surface area contributed by atoms with Gasteiger partial charge in [0.2, 0.25) is 5.88 Å². The number of rotatable bonds is 7. The number of benzene rings is 4. The highest BCUT2D eigenvalue weighted by Gasteiger charge is 2.32. The molecule has 220 valence electrons. The smallest absolute Gasteiger partial charge is 0.355 e. The maximum atomic E-state index is 13.1. The molecule has 0 aliphatic carbocycles. The Balaban J connectivity index is 1.29. The fraction of sp³-hybridized carbons (Fsp3) is 0.118. The molecule has 0 fully saturated rings. The van der Waals surface area contributed by atoms with Gasteiger partial charge in [-0.3, -0.25) is 0 Å². The molecular weight excluding hydrogens is 619 g/mol. The Morgan fingerprint density at radius 1 is 1.05 bits per heavy atom. The Bertz CT molecular complexity index is 2010. The van der Waals surface area contributed by atoms with E-state index in [1.165, 1.54) is 11.3 Å². The lowest BCUT2D eigenvalue weighted by molar-refractivity contribution is 0.0740. The SMILES string of the molecule is COc1cc(C2C(C#N)=C(N)Oc3cc(OC(=O)c4sc5cc(C)ccc5c4Cl)ccc32)ccc1OCc1ccccc1Cl. The molecule has 7 nitrogen and oxygen atoms in total. The van der Waals surface area contributed by atoms with E-state index in [2.05, 4.69) is 6.07 Å². The number of carbonyl (C=O) groups is 1. The number of nitriles is 1. The van der Waals surface area contributed by atoms with Gasteiger partial charge in [0.05, 0.1) is 18.1 Å².